The van der Waals surface area contributed by atoms with E-state index in [1.807, 2.05) is 35.8 Å². The Morgan fingerprint density at radius 3 is 2.38 bits per heavy atom. The number of anilines is 1. The number of urea groups is 1. The highest BCUT2D eigenvalue weighted by atomic mass is 19.1. The van der Waals surface area contributed by atoms with Crippen LogP contribution in [0.4, 0.5) is 14.9 Å². The van der Waals surface area contributed by atoms with Gasteiger partial charge >= 0.3 is 6.03 Å². The van der Waals surface area contributed by atoms with Gasteiger partial charge in [0.15, 0.2) is 0 Å². The lowest BCUT2D eigenvalue weighted by molar-refractivity contribution is -0.137. The number of para-hydroxylation sites is 1. The second kappa shape index (κ2) is 10.5. The van der Waals surface area contributed by atoms with Crippen LogP contribution in [0.2, 0.25) is 0 Å². The molecule has 3 amide bonds. The number of rotatable bonds is 4. The average molecular weight is 467 g/mol. The Morgan fingerprint density at radius 2 is 1.71 bits per heavy atom. The predicted molar refractivity (Wildman–Crippen MR) is 132 cm³/mol. The molecule has 2 aromatic carbocycles. The number of hydrogen-bond donors (Lipinski definition) is 1. The third kappa shape index (κ3) is 5.51. The standard InChI is InChI=1S/C27H35FN4O2/c1-19(2)29-27(34)32-17-22(21-8-6-7-20(3)15-21)16-23(18-32)26(33)31-13-11-30(12-14-31)25-10-5-4-9-24(25)28/h4-10,15,19,22-23H,11-14,16-18H2,1-3H3,(H,29,34)/t22-,23+/m1/s1. The normalized spacial score (nSPS) is 21.0. The van der Waals surface area contributed by atoms with Crippen LogP contribution in [0.25, 0.3) is 0 Å². The molecule has 0 aliphatic carbocycles. The van der Waals surface area contributed by atoms with Crippen molar-refractivity contribution in [1.29, 1.82) is 0 Å². The van der Waals surface area contributed by atoms with Crippen molar-refractivity contribution < 1.29 is 14.0 Å². The van der Waals surface area contributed by atoms with Gasteiger partial charge in [-0.1, -0.05) is 42.0 Å². The summed E-state index contributed by atoms with van der Waals surface area (Å²) in [7, 11) is 0. The Labute approximate surface area is 201 Å². The fourth-order valence-electron chi connectivity index (χ4n) is 5.08. The molecule has 2 atom stereocenters. The number of hydrogen-bond acceptors (Lipinski definition) is 3. The molecule has 7 heteroatoms. The first kappa shape index (κ1) is 24.0. The van der Waals surface area contributed by atoms with Gasteiger partial charge in [0.1, 0.15) is 5.82 Å². The number of halogens is 1. The van der Waals surface area contributed by atoms with E-state index in [1.165, 1.54) is 17.2 Å². The molecule has 2 aromatic rings. The smallest absolute Gasteiger partial charge is 0.317 e. The van der Waals surface area contributed by atoms with Crippen molar-refractivity contribution in [2.75, 3.05) is 44.2 Å². The minimum atomic E-state index is -0.253. The summed E-state index contributed by atoms with van der Waals surface area (Å²) < 4.78 is 14.2. The Morgan fingerprint density at radius 1 is 0.971 bits per heavy atom. The highest BCUT2D eigenvalue weighted by Gasteiger charge is 2.37. The molecule has 0 spiro atoms. The third-order valence-electron chi connectivity index (χ3n) is 6.80. The van der Waals surface area contributed by atoms with E-state index in [9.17, 15) is 14.0 Å². The van der Waals surface area contributed by atoms with Crippen LogP contribution in [0.15, 0.2) is 48.5 Å². The van der Waals surface area contributed by atoms with Crippen molar-refractivity contribution >= 4 is 17.6 Å². The van der Waals surface area contributed by atoms with E-state index in [0.29, 0.717) is 45.0 Å². The van der Waals surface area contributed by atoms with Gasteiger partial charge in [-0.15, -0.1) is 0 Å². The fourth-order valence-corrected chi connectivity index (χ4v) is 5.08. The SMILES string of the molecule is Cc1cccc([C@@H]2C[C@H](C(=O)N3CCN(c4ccccc4F)CC3)CN(C(=O)NC(C)C)C2)c1. The van der Waals surface area contributed by atoms with Gasteiger partial charge in [0.05, 0.1) is 11.6 Å². The first-order valence-electron chi connectivity index (χ1n) is 12.2. The van der Waals surface area contributed by atoms with Crippen LogP contribution in [-0.4, -0.2) is 67.0 Å². The van der Waals surface area contributed by atoms with Crippen LogP contribution in [0.3, 0.4) is 0 Å². The second-order valence-electron chi connectivity index (χ2n) is 9.82. The average Bonchev–Trinajstić information content (AvgIpc) is 2.83. The molecule has 2 heterocycles. The number of benzene rings is 2. The van der Waals surface area contributed by atoms with Crippen LogP contribution in [0.1, 0.15) is 37.3 Å². The third-order valence-corrected chi connectivity index (χ3v) is 6.80. The molecule has 0 aromatic heterocycles. The van der Waals surface area contributed by atoms with E-state index in [4.69, 9.17) is 0 Å². The molecule has 34 heavy (non-hydrogen) atoms. The van der Waals surface area contributed by atoms with Crippen LogP contribution in [0, 0.1) is 18.7 Å². The lowest BCUT2D eigenvalue weighted by Gasteiger charge is -2.42. The monoisotopic (exact) mass is 466 g/mol. The van der Waals surface area contributed by atoms with E-state index < -0.39 is 0 Å². The highest BCUT2D eigenvalue weighted by Crippen LogP contribution is 2.32. The Kier molecular flexibility index (Phi) is 7.39. The van der Waals surface area contributed by atoms with Gasteiger partial charge in [0.25, 0.3) is 0 Å². The van der Waals surface area contributed by atoms with Gasteiger partial charge in [-0.05, 0) is 44.9 Å². The zero-order valence-corrected chi connectivity index (χ0v) is 20.3. The molecule has 2 aliphatic heterocycles. The van der Waals surface area contributed by atoms with Crippen molar-refractivity contribution in [3.63, 3.8) is 0 Å². The molecular weight excluding hydrogens is 431 g/mol. The molecule has 4 rings (SSSR count). The van der Waals surface area contributed by atoms with Crippen LogP contribution in [-0.2, 0) is 4.79 Å². The van der Waals surface area contributed by atoms with Gasteiger partial charge in [-0.2, -0.15) is 0 Å². The van der Waals surface area contributed by atoms with E-state index in [0.717, 1.165) is 6.42 Å². The Bertz CT molecular complexity index is 1020. The van der Waals surface area contributed by atoms with Gasteiger partial charge in [-0.3, -0.25) is 4.79 Å². The topological polar surface area (TPSA) is 55.9 Å². The van der Waals surface area contributed by atoms with E-state index in [2.05, 4.69) is 30.4 Å². The number of carbonyl (C=O) groups is 2. The number of nitrogens with zero attached hydrogens (tertiary/aromatic N) is 3. The van der Waals surface area contributed by atoms with E-state index >= 15 is 0 Å². The van der Waals surface area contributed by atoms with Crippen molar-refractivity contribution in [2.24, 2.45) is 5.92 Å². The summed E-state index contributed by atoms with van der Waals surface area (Å²) in [6.07, 6.45) is 0.723. The zero-order chi connectivity index (χ0) is 24.2. The maximum atomic E-state index is 14.2. The summed E-state index contributed by atoms with van der Waals surface area (Å²) >= 11 is 0. The fraction of sp³-hybridized carbons (Fsp3) is 0.481. The van der Waals surface area contributed by atoms with Gasteiger partial charge < -0.3 is 20.0 Å². The molecule has 0 bridgehead atoms. The number of aryl methyl sites for hydroxylation is 1. The molecule has 2 saturated heterocycles. The van der Waals surface area contributed by atoms with Crippen LogP contribution < -0.4 is 10.2 Å². The summed E-state index contributed by atoms with van der Waals surface area (Å²) in [5, 5.41) is 2.98. The summed E-state index contributed by atoms with van der Waals surface area (Å²) in [6.45, 7) is 9.27. The van der Waals surface area contributed by atoms with E-state index in [1.54, 1.807) is 17.0 Å². The Balaban J connectivity index is 1.47. The molecule has 0 saturated carbocycles. The van der Waals surface area contributed by atoms with Crippen molar-refractivity contribution in [1.82, 2.24) is 15.1 Å². The first-order valence-corrected chi connectivity index (χ1v) is 12.2. The molecule has 1 N–H and O–H groups in total. The van der Waals surface area contributed by atoms with Gasteiger partial charge in [0.2, 0.25) is 5.91 Å². The quantitative estimate of drug-likeness (QED) is 0.741. The molecule has 0 unspecified atom stereocenters. The molecule has 182 valence electrons. The zero-order valence-electron chi connectivity index (χ0n) is 20.3. The molecular formula is C27H35FN4O2. The number of amides is 3. The maximum Gasteiger partial charge on any atom is 0.317 e. The van der Waals surface area contributed by atoms with E-state index in [-0.39, 0.29) is 35.6 Å². The lowest BCUT2D eigenvalue weighted by Crippen LogP contribution is -2.55. The summed E-state index contributed by atoms with van der Waals surface area (Å²) in [5.41, 5.74) is 2.93. The molecule has 0 radical (unpaired) electrons. The number of piperazine rings is 1. The maximum absolute atomic E-state index is 14.2. The van der Waals surface area contributed by atoms with Crippen LogP contribution in [0.5, 0.6) is 0 Å². The number of nitrogens with one attached hydrogen (secondary N) is 1. The number of carbonyl (C=O) groups excluding carboxylic acids is 2. The highest BCUT2D eigenvalue weighted by molar-refractivity contribution is 5.81. The van der Waals surface area contributed by atoms with Crippen molar-refractivity contribution in [3.8, 4) is 0 Å². The minimum absolute atomic E-state index is 0.0347. The predicted octanol–water partition coefficient (Wildman–Crippen LogP) is 4.01. The van der Waals surface area contributed by atoms with Crippen molar-refractivity contribution in [3.05, 3.63) is 65.5 Å². The molecule has 2 fully saturated rings. The van der Waals surface area contributed by atoms with Gasteiger partial charge in [-0.25, -0.2) is 9.18 Å². The summed E-state index contributed by atoms with van der Waals surface area (Å²) in [5.74, 6) is -0.285. The van der Waals surface area contributed by atoms with Gasteiger partial charge in [0, 0.05) is 51.2 Å². The number of likely N-dealkylation sites (tertiary alicyclic amines) is 1. The van der Waals surface area contributed by atoms with Crippen LogP contribution >= 0.6 is 0 Å². The number of piperidine rings is 1. The largest absolute Gasteiger partial charge is 0.366 e. The van der Waals surface area contributed by atoms with Crippen molar-refractivity contribution in [2.45, 2.75) is 39.2 Å². The second-order valence-corrected chi connectivity index (χ2v) is 9.82. The Hall–Kier alpha value is -3.09. The summed E-state index contributed by atoms with van der Waals surface area (Å²) in [6, 6.07) is 15.0. The summed E-state index contributed by atoms with van der Waals surface area (Å²) in [4.78, 5) is 32.1. The molecule has 2 aliphatic rings. The molecule has 6 nitrogen and oxygen atoms in total. The minimum Gasteiger partial charge on any atom is -0.366 e. The lowest BCUT2D eigenvalue weighted by atomic mass is 9.83. The first-order chi connectivity index (χ1) is 16.3.